The van der Waals surface area contributed by atoms with Crippen LogP contribution >= 0.6 is 0 Å². The molecule has 152 valence electrons. The van der Waals surface area contributed by atoms with Crippen LogP contribution in [0.4, 0.5) is 13.2 Å². The molecule has 0 saturated heterocycles. The molecule has 0 spiro atoms. The molecule has 28 heavy (non-hydrogen) atoms. The molecule has 1 fully saturated rings. The summed E-state index contributed by atoms with van der Waals surface area (Å²) < 4.78 is 42.7. The van der Waals surface area contributed by atoms with Crippen molar-refractivity contribution in [3.63, 3.8) is 0 Å². The van der Waals surface area contributed by atoms with Crippen molar-refractivity contribution in [2.75, 3.05) is 0 Å². The molecule has 5 nitrogen and oxygen atoms in total. The molecule has 3 unspecified atom stereocenters. The number of hydrogen-bond donors (Lipinski definition) is 2. The van der Waals surface area contributed by atoms with Crippen molar-refractivity contribution in [1.29, 1.82) is 0 Å². The molecule has 1 aliphatic carbocycles. The number of H-pyrrole nitrogens is 1. The Morgan fingerprint density at radius 1 is 1.25 bits per heavy atom. The lowest BCUT2D eigenvalue weighted by Gasteiger charge is -2.21. The molecule has 0 bridgehead atoms. The topological polar surface area (TPSA) is 66.2 Å². The average molecular weight is 394 g/mol. The first-order chi connectivity index (χ1) is 13.1. The normalized spacial score (nSPS) is 23.9. The Morgan fingerprint density at radius 3 is 2.64 bits per heavy atom. The van der Waals surface area contributed by atoms with Crippen LogP contribution in [-0.4, -0.2) is 30.1 Å². The van der Waals surface area contributed by atoms with E-state index in [4.69, 9.17) is 0 Å². The van der Waals surface area contributed by atoms with Gasteiger partial charge in [-0.15, -0.1) is 0 Å². The number of aromatic amines is 1. The predicted octanol–water partition coefficient (Wildman–Crippen LogP) is 4.91. The highest BCUT2D eigenvalue weighted by Crippen LogP contribution is 2.48. The zero-order chi connectivity index (χ0) is 20.3. The standard InChI is InChI=1S/C20H25F3N4O/c1-4-12-7-11(9-19(2,3)28)8-13(12)18-26-16(20(21,22)23)15-10-25-17-14(27(15)18)5-6-24-17/h5-6,10-13,24,28H,4,7-9H2,1-3H3. The van der Waals surface area contributed by atoms with Gasteiger partial charge in [0.05, 0.1) is 22.8 Å². The van der Waals surface area contributed by atoms with Crippen molar-refractivity contribution in [3.05, 3.63) is 30.0 Å². The predicted molar refractivity (Wildman–Crippen MR) is 100 cm³/mol. The zero-order valence-electron chi connectivity index (χ0n) is 16.2. The second-order valence-corrected chi connectivity index (χ2v) is 8.64. The van der Waals surface area contributed by atoms with E-state index in [1.165, 1.54) is 6.20 Å². The molecule has 0 radical (unpaired) electrons. The highest BCUT2D eigenvalue weighted by Gasteiger charge is 2.42. The highest BCUT2D eigenvalue weighted by molar-refractivity contribution is 5.76. The Labute approximate surface area is 161 Å². The summed E-state index contributed by atoms with van der Waals surface area (Å²) in [7, 11) is 0. The molecule has 3 heterocycles. The third kappa shape index (κ3) is 3.27. The number of nitrogens with zero attached hydrogens (tertiary/aromatic N) is 3. The van der Waals surface area contributed by atoms with Gasteiger partial charge in [0.25, 0.3) is 0 Å². The lowest BCUT2D eigenvalue weighted by atomic mass is 9.91. The Bertz CT molecular complexity index is 999. The third-order valence-electron chi connectivity index (χ3n) is 5.90. The van der Waals surface area contributed by atoms with Crippen LogP contribution in [0.15, 0.2) is 18.5 Å². The minimum atomic E-state index is -4.54. The molecular weight excluding hydrogens is 369 g/mol. The van der Waals surface area contributed by atoms with Gasteiger partial charge < -0.3 is 10.1 Å². The third-order valence-corrected chi connectivity index (χ3v) is 5.90. The summed E-state index contributed by atoms with van der Waals surface area (Å²) in [4.78, 5) is 11.2. The minimum Gasteiger partial charge on any atom is -0.390 e. The van der Waals surface area contributed by atoms with E-state index in [0.717, 1.165) is 19.3 Å². The molecule has 3 atom stereocenters. The van der Waals surface area contributed by atoms with Crippen molar-refractivity contribution in [1.82, 2.24) is 19.4 Å². The van der Waals surface area contributed by atoms with Crippen LogP contribution in [0.3, 0.4) is 0 Å². The van der Waals surface area contributed by atoms with Gasteiger partial charge in [-0.25, -0.2) is 9.97 Å². The summed E-state index contributed by atoms with van der Waals surface area (Å²) >= 11 is 0. The first kappa shape index (κ1) is 19.2. The number of fused-ring (bicyclic) bond motifs is 3. The van der Waals surface area contributed by atoms with Crippen LogP contribution in [0.25, 0.3) is 16.7 Å². The van der Waals surface area contributed by atoms with E-state index in [-0.39, 0.29) is 23.3 Å². The first-order valence-corrected chi connectivity index (χ1v) is 9.72. The first-order valence-electron chi connectivity index (χ1n) is 9.72. The number of aliphatic hydroxyl groups is 1. The maximum absolute atomic E-state index is 13.7. The van der Waals surface area contributed by atoms with E-state index in [0.29, 0.717) is 23.4 Å². The summed E-state index contributed by atoms with van der Waals surface area (Å²) in [5.41, 5.74) is -0.522. The number of halogens is 3. The van der Waals surface area contributed by atoms with E-state index < -0.39 is 17.5 Å². The van der Waals surface area contributed by atoms with Crippen LogP contribution in [0.5, 0.6) is 0 Å². The van der Waals surface area contributed by atoms with Crippen LogP contribution in [0, 0.1) is 11.8 Å². The Kier molecular flexibility index (Phi) is 4.45. The molecule has 0 amide bonds. The van der Waals surface area contributed by atoms with Gasteiger partial charge in [0, 0.05) is 12.1 Å². The fraction of sp³-hybridized carbons (Fsp3) is 0.600. The zero-order valence-corrected chi connectivity index (χ0v) is 16.2. The molecule has 1 saturated carbocycles. The quantitative estimate of drug-likeness (QED) is 0.661. The fourth-order valence-corrected chi connectivity index (χ4v) is 4.92. The fourth-order valence-electron chi connectivity index (χ4n) is 4.92. The molecule has 0 aliphatic heterocycles. The maximum atomic E-state index is 13.7. The van der Waals surface area contributed by atoms with Gasteiger partial charge in [0.1, 0.15) is 5.82 Å². The lowest BCUT2D eigenvalue weighted by molar-refractivity contribution is -0.139. The molecule has 8 heteroatoms. The summed E-state index contributed by atoms with van der Waals surface area (Å²) in [6.07, 6.45) is 1.51. The highest BCUT2D eigenvalue weighted by atomic mass is 19.4. The Hall–Kier alpha value is -2.09. The van der Waals surface area contributed by atoms with Crippen molar-refractivity contribution in [3.8, 4) is 0 Å². The smallest absolute Gasteiger partial charge is 0.390 e. The van der Waals surface area contributed by atoms with Gasteiger partial charge in [-0.3, -0.25) is 4.40 Å². The molecule has 3 aromatic heterocycles. The van der Waals surface area contributed by atoms with E-state index >= 15 is 0 Å². The van der Waals surface area contributed by atoms with Gasteiger partial charge in [0.2, 0.25) is 0 Å². The van der Waals surface area contributed by atoms with E-state index in [1.807, 2.05) is 0 Å². The number of rotatable bonds is 4. The Balaban J connectivity index is 1.86. The number of imidazole rings is 1. The van der Waals surface area contributed by atoms with Crippen LogP contribution in [-0.2, 0) is 6.18 Å². The summed E-state index contributed by atoms with van der Waals surface area (Å²) in [5.74, 6) is 0.877. The number of nitrogens with one attached hydrogen (secondary N) is 1. The van der Waals surface area contributed by atoms with Crippen molar-refractivity contribution in [2.45, 2.75) is 64.1 Å². The van der Waals surface area contributed by atoms with Crippen molar-refractivity contribution >= 4 is 16.7 Å². The minimum absolute atomic E-state index is 0.00427. The molecule has 1 aliphatic rings. The van der Waals surface area contributed by atoms with Crippen LogP contribution in [0.2, 0.25) is 0 Å². The van der Waals surface area contributed by atoms with Gasteiger partial charge in [-0.05, 0) is 51.0 Å². The largest absolute Gasteiger partial charge is 0.435 e. The van der Waals surface area contributed by atoms with Crippen molar-refractivity contribution in [2.24, 2.45) is 11.8 Å². The summed E-state index contributed by atoms with van der Waals surface area (Å²) in [6, 6.07) is 1.74. The van der Waals surface area contributed by atoms with E-state index in [1.54, 1.807) is 30.5 Å². The van der Waals surface area contributed by atoms with Crippen LogP contribution in [0.1, 0.15) is 63.9 Å². The van der Waals surface area contributed by atoms with Gasteiger partial charge in [-0.1, -0.05) is 13.3 Å². The van der Waals surface area contributed by atoms with Gasteiger partial charge in [0.15, 0.2) is 11.3 Å². The van der Waals surface area contributed by atoms with E-state index in [2.05, 4.69) is 21.9 Å². The number of hydrogen-bond acceptors (Lipinski definition) is 3. The molecule has 3 aromatic rings. The average Bonchev–Trinajstić information content (AvgIpc) is 3.27. The second kappa shape index (κ2) is 6.47. The van der Waals surface area contributed by atoms with Gasteiger partial charge >= 0.3 is 6.18 Å². The van der Waals surface area contributed by atoms with Gasteiger partial charge in [-0.2, -0.15) is 13.2 Å². The van der Waals surface area contributed by atoms with Crippen molar-refractivity contribution < 1.29 is 18.3 Å². The number of aromatic nitrogens is 4. The van der Waals surface area contributed by atoms with E-state index in [9.17, 15) is 18.3 Å². The molecular formula is C20H25F3N4O. The monoisotopic (exact) mass is 394 g/mol. The molecule has 0 aromatic carbocycles. The molecule has 2 N–H and O–H groups in total. The molecule has 4 rings (SSSR count). The van der Waals surface area contributed by atoms with Crippen LogP contribution < -0.4 is 0 Å². The summed E-state index contributed by atoms with van der Waals surface area (Å²) in [6.45, 7) is 5.63. The SMILES string of the molecule is CCC1CC(CC(C)(C)O)CC1c1nc(C(F)(F)F)c2cnc3[nH]ccc3n12. The Morgan fingerprint density at radius 2 is 2.00 bits per heavy atom. The number of alkyl halides is 3. The summed E-state index contributed by atoms with van der Waals surface area (Å²) in [5, 5.41) is 10.2. The maximum Gasteiger partial charge on any atom is 0.435 e. The lowest BCUT2D eigenvalue weighted by Crippen LogP contribution is -2.22. The second-order valence-electron chi connectivity index (χ2n) is 8.64.